The molecule has 2 fully saturated rings. The fourth-order valence-electron chi connectivity index (χ4n) is 4.23. The van der Waals surface area contributed by atoms with Crippen LogP contribution in [0, 0.1) is 11.3 Å². The molecule has 2 aliphatic rings. The van der Waals surface area contributed by atoms with Gasteiger partial charge in [0, 0.05) is 50.3 Å². The first-order valence-electron chi connectivity index (χ1n) is 10.3. The van der Waals surface area contributed by atoms with Crippen molar-refractivity contribution in [2.45, 2.75) is 25.7 Å². The number of fused-ring (bicyclic) bond motifs is 1. The van der Waals surface area contributed by atoms with Crippen molar-refractivity contribution in [3.63, 3.8) is 0 Å². The van der Waals surface area contributed by atoms with Crippen molar-refractivity contribution in [3.05, 3.63) is 36.0 Å². The molecule has 0 spiro atoms. The summed E-state index contributed by atoms with van der Waals surface area (Å²) in [5.41, 5.74) is 2.38. The van der Waals surface area contributed by atoms with Crippen LogP contribution >= 0.6 is 0 Å². The van der Waals surface area contributed by atoms with Gasteiger partial charge in [0.15, 0.2) is 0 Å². The molecular weight excluding hydrogens is 350 g/mol. The van der Waals surface area contributed by atoms with E-state index in [1.807, 2.05) is 24.3 Å². The van der Waals surface area contributed by atoms with Gasteiger partial charge in [0.05, 0.1) is 12.1 Å². The molecule has 0 saturated carbocycles. The van der Waals surface area contributed by atoms with E-state index in [1.54, 1.807) is 0 Å². The lowest BCUT2D eigenvalue weighted by molar-refractivity contribution is -0.132. The summed E-state index contributed by atoms with van der Waals surface area (Å²) in [5, 5.41) is 10.4. The first-order valence-corrected chi connectivity index (χ1v) is 10.3. The molecule has 146 valence electrons. The van der Waals surface area contributed by atoms with Crippen LogP contribution in [0.2, 0.25) is 0 Å². The Morgan fingerprint density at radius 1 is 1.00 bits per heavy atom. The molecule has 2 aromatic rings. The van der Waals surface area contributed by atoms with Crippen LogP contribution in [0.3, 0.4) is 0 Å². The predicted octanol–water partition coefficient (Wildman–Crippen LogP) is 2.63. The highest BCUT2D eigenvalue weighted by Gasteiger charge is 2.23. The number of piperazine rings is 1. The maximum atomic E-state index is 12.7. The van der Waals surface area contributed by atoms with E-state index in [9.17, 15) is 10.1 Å². The maximum Gasteiger partial charge on any atom is 0.236 e. The Kier molecular flexibility index (Phi) is 5.73. The van der Waals surface area contributed by atoms with E-state index in [4.69, 9.17) is 0 Å². The molecule has 0 atom stereocenters. The summed E-state index contributed by atoms with van der Waals surface area (Å²) in [7, 11) is 0. The third-order valence-electron chi connectivity index (χ3n) is 5.84. The fraction of sp³-hybridized carbons (Fsp3) is 0.500. The standard InChI is InChI=1S/C22H27N5O/c23-16-18-15-21(19-7-3-4-8-20(19)24-18)26-13-11-25(12-14-26)17-22(28)27-9-5-1-2-6-10-27/h3-4,7-8,15H,1-2,5-6,9-14,17H2. The summed E-state index contributed by atoms with van der Waals surface area (Å²) < 4.78 is 0. The largest absolute Gasteiger partial charge is 0.368 e. The minimum absolute atomic E-state index is 0.275. The monoisotopic (exact) mass is 377 g/mol. The molecule has 0 radical (unpaired) electrons. The average molecular weight is 377 g/mol. The summed E-state index contributed by atoms with van der Waals surface area (Å²) in [6.07, 6.45) is 4.76. The Labute approximate surface area is 166 Å². The van der Waals surface area contributed by atoms with Crippen molar-refractivity contribution < 1.29 is 4.79 Å². The second-order valence-corrected chi connectivity index (χ2v) is 7.71. The third-order valence-corrected chi connectivity index (χ3v) is 5.84. The summed E-state index contributed by atoms with van der Waals surface area (Å²) in [6.45, 7) is 5.78. The second-order valence-electron chi connectivity index (χ2n) is 7.71. The third kappa shape index (κ3) is 4.10. The van der Waals surface area contributed by atoms with Crippen LogP contribution in [-0.4, -0.2) is 66.5 Å². The lowest BCUT2D eigenvalue weighted by Crippen LogP contribution is -2.50. The van der Waals surface area contributed by atoms with E-state index >= 15 is 0 Å². The quantitative estimate of drug-likeness (QED) is 0.823. The Balaban J connectivity index is 1.41. The zero-order chi connectivity index (χ0) is 19.3. The van der Waals surface area contributed by atoms with Crippen molar-refractivity contribution >= 4 is 22.5 Å². The molecule has 1 aromatic carbocycles. The lowest BCUT2D eigenvalue weighted by Gasteiger charge is -2.37. The Morgan fingerprint density at radius 3 is 2.43 bits per heavy atom. The zero-order valence-corrected chi connectivity index (χ0v) is 16.3. The Bertz CT molecular complexity index is 874. The molecule has 28 heavy (non-hydrogen) atoms. The molecule has 0 unspecified atom stereocenters. The van der Waals surface area contributed by atoms with Crippen LogP contribution in [0.15, 0.2) is 30.3 Å². The smallest absolute Gasteiger partial charge is 0.236 e. The molecule has 2 aliphatic heterocycles. The Morgan fingerprint density at radius 2 is 1.71 bits per heavy atom. The maximum absolute atomic E-state index is 12.7. The molecule has 0 aliphatic carbocycles. The molecule has 6 nitrogen and oxygen atoms in total. The van der Waals surface area contributed by atoms with Crippen molar-refractivity contribution in [2.75, 3.05) is 50.7 Å². The van der Waals surface area contributed by atoms with Crippen LogP contribution in [0.25, 0.3) is 10.9 Å². The van der Waals surface area contributed by atoms with Gasteiger partial charge >= 0.3 is 0 Å². The van der Waals surface area contributed by atoms with Gasteiger partial charge in [0.25, 0.3) is 0 Å². The first kappa shape index (κ1) is 18.7. The van der Waals surface area contributed by atoms with Crippen molar-refractivity contribution in [1.82, 2.24) is 14.8 Å². The number of carbonyl (C=O) groups excluding carboxylic acids is 1. The van der Waals surface area contributed by atoms with E-state index in [0.29, 0.717) is 12.2 Å². The number of hydrogen-bond acceptors (Lipinski definition) is 5. The average Bonchev–Trinajstić information content (AvgIpc) is 3.03. The normalized spacial score (nSPS) is 18.7. The number of carbonyl (C=O) groups is 1. The number of hydrogen-bond donors (Lipinski definition) is 0. The Hall–Kier alpha value is -2.65. The molecule has 0 bridgehead atoms. The van der Waals surface area contributed by atoms with Crippen molar-refractivity contribution in [2.24, 2.45) is 0 Å². The zero-order valence-electron chi connectivity index (χ0n) is 16.3. The van der Waals surface area contributed by atoms with Gasteiger partial charge < -0.3 is 9.80 Å². The number of rotatable bonds is 3. The lowest BCUT2D eigenvalue weighted by atomic mass is 10.1. The topological polar surface area (TPSA) is 63.5 Å². The van der Waals surface area contributed by atoms with Gasteiger partial charge in [-0.25, -0.2) is 4.98 Å². The van der Waals surface area contributed by atoms with Gasteiger partial charge in [0.1, 0.15) is 11.8 Å². The van der Waals surface area contributed by atoms with E-state index in [0.717, 1.165) is 68.7 Å². The minimum atomic E-state index is 0.275. The number of amides is 1. The summed E-state index contributed by atoms with van der Waals surface area (Å²) >= 11 is 0. The van der Waals surface area contributed by atoms with Crippen LogP contribution in [0.1, 0.15) is 31.4 Å². The van der Waals surface area contributed by atoms with Crippen LogP contribution < -0.4 is 4.90 Å². The van der Waals surface area contributed by atoms with Crippen LogP contribution in [0.4, 0.5) is 5.69 Å². The highest BCUT2D eigenvalue weighted by atomic mass is 16.2. The van der Waals surface area contributed by atoms with Gasteiger partial charge in [-0.05, 0) is 25.0 Å². The molecule has 6 heteroatoms. The number of aromatic nitrogens is 1. The number of nitrogens with zero attached hydrogens (tertiary/aromatic N) is 5. The molecule has 3 heterocycles. The highest BCUT2D eigenvalue weighted by molar-refractivity contribution is 5.92. The van der Waals surface area contributed by atoms with Crippen LogP contribution in [-0.2, 0) is 4.79 Å². The van der Waals surface area contributed by atoms with Gasteiger partial charge in [-0.3, -0.25) is 9.69 Å². The number of anilines is 1. The SMILES string of the molecule is N#Cc1cc(N2CCN(CC(=O)N3CCCCCC3)CC2)c2ccccc2n1. The van der Waals surface area contributed by atoms with E-state index < -0.39 is 0 Å². The molecule has 1 aromatic heterocycles. The van der Waals surface area contributed by atoms with Crippen LogP contribution in [0.5, 0.6) is 0 Å². The minimum Gasteiger partial charge on any atom is -0.368 e. The van der Waals surface area contributed by atoms with Crippen molar-refractivity contribution in [3.8, 4) is 6.07 Å². The van der Waals surface area contributed by atoms with E-state index in [-0.39, 0.29) is 5.91 Å². The number of para-hydroxylation sites is 1. The van der Waals surface area contributed by atoms with E-state index in [1.165, 1.54) is 12.8 Å². The number of nitriles is 1. The molecular formula is C22H27N5O. The van der Waals surface area contributed by atoms with Gasteiger partial charge in [-0.1, -0.05) is 31.0 Å². The van der Waals surface area contributed by atoms with Gasteiger partial charge in [-0.15, -0.1) is 0 Å². The molecule has 1 amide bonds. The molecule has 2 saturated heterocycles. The van der Waals surface area contributed by atoms with Crippen molar-refractivity contribution in [1.29, 1.82) is 5.26 Å². The fourth-order valence-corrected chi connectivity index (χ4v) is 4.23. The molecule has 4 rings (SSSR count). The summed E-state index contributed by atoms with van der Waals surface area (Å²) in [4.78, 5) is 23.7. The van der Waals surface area contributed by atoms with Gasteiger partial charge in [0.2, 0.25) is 5.91 Å². The number of pyridine rings is 1. The number of likely N-dealkylation sites (tertiary alicyclic amines) is 1. The van der Waals surface area contributed by atoms with E-state index in [2.05, 4.69) is 31.8 Å². The highest BCUT2D eigenvalue weighted by Crippen LogP contribution is 2.27. The van der Waals surface area contributed by atoms with Gasteiger partial charge in [-0.2, -0.15) is 5.26 Å². The summed E-state index contributed by atoms with van der Waals surface area (Å²) in [6, 6.07) is 12.0. The first-order chi connectivity index (χ1) is 13.7. The summed E-state index contributed by atoms with van der Waals surface area (Å²) in [5.74, 6) is 0.275. The predicted molar refractivity (Wildman–Crippen MR) is 110 cm³/mol. The number of benzene rings is 1. The second kappa shape index (κ2) is 8.57. The molecule has 0 N–H and O–H groups in total.